The second-order valence-corrected chi connectivity index (χ2v) is 6.38. The molecule has 1 aliphatic rings. The van der Waals surface area contributed by atoms with Gasteiger partial charge in [-0.15, -0.1) is 0 Å². The summed E-state index contributed by atoms with van der Waals surface area (Å²) in [5.74, 6) is 0.680. The zero-order valence-corrected chi connectivity index (χ0v) is 13.6. The second kappa shape index (κ2) is 8.63. The number of rotatable bonds is 8. The van der Waals surface area contributed by atoms with Gasteiger partial charge in [0.1, 0.15) is 0 Å². The lowest BCUT2D eigenvalue weighted by molar-refractivity contribution is -0.124. The standard InChI is InChI=1S/C16H33N3O/c1-4-14-8-6-11-19(13-9-14)12-7-10-16(3,15(17)20)18-5-2/h14,18H,4-13H2,1-3H3,(H2,17,20). The summed E-state index contributed by atoms with van der Waals surface area (Å²) in [5, 5.41) is 3.23. The lowest BCUT2D eigenvalue weighted by Crippen LogP contribution is -2.53. The van der Waals surface area contributed by atoms with Gasteiger partial charge >= 0.3 is 0 Å². The largest absolute Gasteiger partial charge is 0.368 e. The minimum absolute atomic E-state index is 0.235. The van der Waals surface area contributed by atoms with Crippen molar-refractivity contribution in [2.24, 2.45) is 11.7 Å². The van der Waals surface area contributed by atoms with Crippen LogP contribution < -0.4 is 11.1 Å². The molecule has 3 N–H and O–H groups in total. The van der Waals surface area contributed by atoms with E-state index < -0.39 is 5.54 Å². The summed E-state index contributed by atoms with van der Waals surface area (Å²) in [6.07, 6.45) is 7.19. The summed E-state index contributed by atoms with van der Waals surface area (Å²) in [7, 11) is 0. The molecule has 0 radical (unpaired) electrons. The molecule has 1 rings (SSSR count). The van der Waals surface area contributed by atoms with Crippen molar-refractivity contribution in [3.8, 4) is 0 Å². The van der Waals surface area contributed by atoms with Gasteiger partial charge in [0.25, 0.3) is 0 Å². The quantitative estimate of drug-likeness (QED) is 0.717. The third-order valence-corrected chi connectivity index (χ3v) is 4.78. The summed E-state index contributed by atoms with van der Waals surface area (Å²) in [4.78, 5) is 14.1. The number of primary amides is 1. The summed E-state index contributed by atoms with van der Waals surface area (Å²) in [6, 6.07) is 0. The topological polar surface area (TPSA) is 58.4 Å². The molecule has 1 saturated heterocycles. The Balaban J connectivity index is 2.33. The normalized spacial score (nSPS) is 24.1. The Kier molecular flexibility index (Phi) is 7.52. The highest BCUT2D eigenvalue weighted by atomic mass is 16.1. The molecule has 1 fully saturated rings. The minimum atomic E-state index is -0.549. The van der Waals surface area contributed by atoms with Crippen LogP contribution in [0.2, 0.25) is 0 Å². The second-order valence-electron chi connectivity index (χ2n) is 6.38. The van der Waals surface area contributed by atoms with Crippen LogP contribution in [0.15, 0.2) is 0 Å². The van der Waals surface area contributed by atoms with E-state index in [1.54, 1.807) is 0 Å². The lowest BCUT2D eigenvalue weighted by Gasteiger charge is -2.28. The fourth-order valence-corrected chi connectivity index (χ4v) is 3.20. The molecule has 2 unspecified atom stereocenters. The van der Waals surface area contributed by atoms with E-state index in [9.17, 15) is 4.79 Å². The van der Waals surface area contributed by atoms with Crippen LogP contribution in [0.25, 0.3) is 0 Å². The predicted molar refractivity (Wildman–Crippen MR) is 84.6 cm³/mol. The average Bonchev–Trinajstić information content (AvgIpc) is 2.64. The molecule has 4 nitrogen and oxygen atoms in total. The van der Waals surface area contributed by atoms with Gasteiger partial charge in [-0.3, -0.25) is 4.79 Å². The summed E-state index contributed by atoms with van der Waals surface area (Å²) < 4.78 is 0. The third kappa shape index (κ3) is 5.41. The van der Waals surface area contributed by atoms with Crippen LogP contribution >= 0.6 is 0 Å². The van der Waals surface area contributed by atoms with Gasteiger partial charge < -0.3 is 16.0 Å². The Bertz CT molecular complexity index is 295. The van der Waals surface area contributed by atoms with Crippen molar-refractivity contribution in [1.82, 2.24) is 10.2 Å². The molecule has 1 heterocycles. The SMILES string of the molecule is CCNC(C)(CCCN1CCCC(CC)CC1)C(N)=O. The molecule has 20 heavy (non-hydrogen) atoms. The first-order valence-electron chi connectivity index (χ1n) is 8.29. The van der Waals surface area contributed by atoms with Crippen LogP contribution in [-0.4, -0.2) is 42.5 Å². The Labute approximate surface area is 124 Å². The average molecular weight is 283 g/mol. The van der Waals surface area contributed by atoms with Crippen LogP contribution in [0, 0.1) is 5.92 Å². The lowest BCUT2D eigenvalue weighted by atomic mass is 9.94. The number of hydrogen-bond donors (Lipinski definition) is 2. The summed E-state index contributed by atoms with van der Waals surface area (Å²) in [6.45, 7) is 10.5. The van der Waals surface area contributed by atoms with Crippen molar-refractivity contribution in [2.75, 3.05) is 26.2 Å². The number of likely N-dealkylation sites (N-methyl/N-ethyl adjacent to an activating group) is 1. The number of carbonyl (C=O) groups excluding carboxylic acids is 1. The maximum atomic E-state index is 11.6. The van der Waals surface area contributed by atoms with E-state index in [1.807, 2.05) is 13.8 Å². The number of amides is 1. The van der Waals surface area contributed by atoms with E-state index >= 15 is 0 Å². The predicted octanol–water partition coefficient (Wildman–Crippen LogP) is 2.13. The Morgan fingerprint density at radius 3 is 2.70 bits per heavy atom. The zero-order chi connectivity index (χ0) is 15.0. The van der Waals surface area contributed by atoms with Gasteiger partial charge in [-0.25, -0.2) is 0 Å². The van der Waals surface area contributed by atoms with E-state index in [-0.39, 0.29) is 5.91 Å². The highest BCUT2D eigenvalue weighted by molar-refractivity contribution is 5.84. The highest BCUT2D eigenvalue weighted by Crippen LogP contribution is 2.21. The number of likely N-dealkylation sites (tertiary alicyclic amines) is 1. The first-order chi connectivity index (χ1) is 9.51. The van der Waals surface area contributed by atoms with E-state index in [0.717, 1.165) is 31.8 Å². The Hall–Kier alpha value is -0.610. The number of nitrogens with zero attached hydrogens (tertiary/aromatic N) is 1. The van der Waals surface area contributed by atoms with Crippen molar-refractivity contribution >= 4 is 5.91 Å². The van der Waals surface area contributed by atoms with Gasteiger partial charge in [0.2, 0.25) is 5.91 Å². The Morgan fingerprint density at radius 1 is 1.35 bits per heavy atom. The monoisotopic (exact) mass is 283 g/mol. The van der Waals surface area contributed by atoms with Crippen LogP contribution in [0.3, 0.4) is 0 Å². The number of hydrogen-bond acceptors (Lipinski definition) is 3. The number of nitrogens with one attached hydrogen (secondary N) is 1. The van der Waals surface area contributed by atoms with Crippen molar-refractivity contribution in [3.63, 3.8) is 0 Å². The van der Waals surface area contributed by atoms with Crippen molar-refractivity contribution in [1.29, 1.82) is 0 Å². The molecule has 0 spiro atoms. The molecule has 1 aliphatic heterocycles. The maximum absolute atomic E-state index is 11.6. The molecule has 0 aromatic carbocycles. The molecule has 0 bridgehead atoms. The molecule has 0 saturated carbocycles. The molecule has 0 aromatic heterocycles. The van der Waals surface area contributed by atoms with Gasteiger partial charge in [-0.2, -0.15) is 0 Å². The number of nitrogens with two attached hydrogens (primary N) is 1. The number of carbonyl (C=O) groups is 1. The summed E-state index contributed by atoms with van der Waals surface area (Å²) in [5.41, 5.74) is 4.97. The molecule has 0 aliphatic carbocycles. The molecule has 1 amide bonds. The van der Waals surface area contributed by atoms with Gasteiger partial charge in [0, 0.05) is 0 Å². The van der Waals surface area contributed by atoms with E-state index in [0.29, 0.717) is 0 Å². The molecule has 4 heteroatoms. The van der Waals surface area contributed by atoms with E-state index in [2.05, 4.69) is 17.1 Å². The molecule has 118 valence electrons. The van der Waals surface area contributed by atoms with Gasteiger partial charge in [0.05, 0.1) is 5.54 Å². The molecule has 2 atom stereocenters. The molecular formula is C16H33N3O. The smallest absolute Gasteiger partial charge is 0.237 e. The molecule has 0 aromatic rings. The molecular weight excluding hydrogens is 250 g/mol. The first-order valence-corrected chi connectivity index (χ1v) is 8.29. The zero-order valence-electron chi connectivity index (χ0n) is 13.6. The maximum Gasteiger partial charge on any atom is 0.237 e. The van der Waals surface area contributed by atoms with Gasteiger partial charge in [0.15, 0.2) is 0 Å². The van der Waals surface area contributed by atoms with Crippen molar-refractivity contribution < 1.29 is 4.79 Å². The van der Waals surface area contributed by atoms with E-state index in [1.165, 1.54) is 38.8 Å². The van der Waals surface area contributed by atoms with Gasteiger partial charge in [-0.05, 0) is 71.1 Å². The van der Waals surface area contributed by atoms with Crippen LogP contribution in [-0.2, 0) is 4.79 Å². The van der Waals surface area contributed by atoms with Crippen LogP contribution in [0.4, 0.5) is 0 Å². The highest BCUT2D eigenvalue weighted by Gasteiger charge is 2.29. The Morgan fingerprint density at radius 2 is 2.10 bits per heavy atom. The first kappa shape index (κ1) is 17.4. The van der Waals surface area contributed by atoms with Gasteiger partial charge in [-0.1, -0.05) is 20.3 Å². The fourth-order valence-electron chi connectivity index (χ4n) is 3.20. The van der Waals surface area contributed by atoms with Crippen molar-refractivity contribution in [2.45, 2.75) is 64.8 Å². The fraction of sp³-hybridized carbons (Fsp3) is 0.938. The van der Waals surface area contributed by atoms with Crippen molar-refractivity contribution in [3.05, 3.63) is 0 Å². The van der Waals surface area contributed by atoms with E-state index in [4.69, 9.17) is 5.73 Å². The minimum Gasteiger partial charge on any atom is -0.368 e. The summed E-state index contributed by atoms with van der Waals surface area (Å²) >= 11 is 0. The van der Waals surface area contributed by atoms with Crippen LogP contribution in [0.1, 0.15) is 59.3 Å². The third-order valence-electron chi connectivity index (χ3n) is 4.78. The van der Waals surface area contributed by atoms with Crippen LogP contribution in [0.5, 0.6) is 0 Å².